The van der Waals surface area contributed by atoms with E-state index in [4.69, 9.17) is 0 Å². The summed E-state index contributed by atoms with van der Waals surface area (Å²) in [4.78, 5) is 42.2. The van der Waals surface area contributed by atoms with Crippen molar-refractivity contribution in [2.45, 2.75) is 50.4 Å². The molecular formula is C24H28N4O3S. The van der Waals surface area contributed by atoms with Crippen LogP contribution in [-0.2, 0) is 4.79 Å². The largest absolute Gasteiger partial charge is 0.338 e. The Labute approximate surface area is 191 Å². The molecule has 7 nitrogen and oxygen atoms in total. The maximum Gasteiger partial charge on any atom is 0.321 e. The van der Waals surface area contributed by atoms with Crippen molar-refractivity contribution < 1.29 is 9.59 Å². The number of amides is 3. The zero-order chi connectivity index (χ0) is 23.3. The maximum absolute atomic E-state index is 13.4. The van der Waals surface area contributed by atoms with E-state index in [0.717, 1.165) is 18.2 Å². The molecular weight excluding hydrogens is 424 g/mol. The SMILES string of the molecule is CCNC(=O)NC(=O)C(C)Sc1nc2ccccc2c(=O)n1-c1ccc(C(C)CC)cc1. The molecule has 2 atom stereocenters. The Morgan fingerprint density at radius 2 is 1.75 bits per heavy atom. The molecule has 0 aliphatic rings. The number of carbonyl (C=O) groups is 2. The number of benzene rings is 2. The van der Waals surface area contributed by atoms with E-state index in [2.05, 4.69) is 29.5 Å². The number of thioether (sulfide) groups is 1. The van der Waals surface area contributed by atoms with Gasteiger partial charge in [-0.3, -0.25) is 19.5 Å². The fourth-order valence-corrected chi connectivity index (χ4v) is 4.16. The van der Waals surface area contributed by atoms with Crippen molar-refractivity contribution in [3.05, 3.63) is 64.4 Å². The van der Waals surface area contributed by atoms with Gasteiger partial charge in [0.1, 0.15) is 0 Å². The van der Waals surface area contributed by atoms with E-state index >= 15 is 0 Å². The number of hydrogen-bond donors (Lipinski definition) is 2. The summed E-state index contributed by atoms with van der Waals surface area (Å²) in [5.74, 6) is -0.0376. The molecule has 0 aliphatic carbocycles. The summed E-state index contributed by atoms with van der Waals surface area (Å²) in [6.45, 7) is 8.16. The van der Waals surface area contributed by atoms with Gasteiger partial charge in [-0.05, 0) is 56.0 Å². The summed E-state index contributed by atoms with van der Waals surface area (Å²) in [6, 6.07) is 14.4. The van der Waals surface area contributed by atoms with E-state index in [9.17, 15) is 14.4 Å². The Bertz CT molecular complexity index is 1170. The molecule has 32 heavy (non-hydrogen) atoms. The number of fused-ring (bicyclic) bond motifs is 1. The first-order chi connectivity index (χ1) is 15.3. The Kier molecular flexibility index (Phi) is 7.69. The van der Waals surface area contributed by atoms with Gasteiger partial charge in [-0.15, -0.1) is 0 Å². The number of hydrogen-bond acceptors (Lipinski definition) is 5. The number of aromatic nitrogens is 2. The molecule has 0 radical (unpaired) electrons. The van der Waals surface area contributed by atoms with Gasteiger partial charge < -0.3 is 5.32 Å². The van der Waals surface area contributed by atoms with Crippen LogP contribution in [0.25, 0.3) is 16.6 Å². The fraction of sp³-hybridized carbons (Fsp3) is 0.333. The molecule has 1 aromatic heterocycles. The maximum atomic E-state index is 13.4. The van der Waals surface area contributed by atoms with Crippen molar-refractivity contribution in [3.8, 4) is 5.69 Å². The first kappa shape index (κ1) is 23.5. The van der Waals surface area contributed by atoms with Gasteiger partial charge in [-0.2, -0.15) is 0 Å². The lowest BCUT2D eigenvalue weighted by Gasteiger charge is -2.17. The van der Waals surface area contributed by atoms with Crippen molar-refractivity contribution >= 4 is 34.6 Å². The van der Waals surface area contributed by atoms with Gasteiger partial charge in [0.25, 0.3) is 5.56 Å². The Morgan fingerprint density at radius 1 is 1.06 bits per heavy atom. The predicted octanol–water partition coefficient (Wildman–Crippen LogP) is 4.23. The quantitative estimate of drug-likeness (QED) is 0.413. The van der Waals surface area contributed by atoms with Crippen molar-refractivity contribution in [1.29, 1.82) is 0 Å². The van der Waals surface area contributed by atoms with Crippen molar-refractivity contribution in [2.75, 3.05) is 6.54 Å². The molecule has 3 amide bonds. The molecule has 0 fully saturated rings. The minimum absolute atomic E-state index is 0.203. The van der Waals surface area contributed by atoms with Gasteiger partial charge in [0.2, 0.25) is 5.91 Å². The molecule has 0 aliphatic heterocycles. The minimum atomic E-state index is -0.642. The van der Waals surface area contributed by atoms with E-state index in [1.165, 1.54) is 10.1 Å². The third-order valence-corrected chi connectivity index (χ3v) is 6.36. The van der Waals surface area contributed by atoms with Crippen molar-refractivity contribution in [1.82, 2.24) is 20.2 Å². The lowest BCUT2D eigenvalue weighted by Crippen LogP contribution is -2.42. The van der Waals surface area contributed by atoms with Crippen LogP contribution in [0.4, 0.5) is 4.79 Å². The summed E-state index contributed by atoms with van der Waals surface area (Å²) in [5.41, 5.74) is 2.23. The van der Waals surface area contributed by atoms with E-state index < -0.39 is 17.2 Å². The third kappa shape index (κ3) is 5.19. The van der Waals surface area contributed by atoms with Crippen LogP contribution in [-0.4, -0.2) is 33.3 Å². The van der Waals surface area contributed by atoms with Crippen LogP contribution in [0.2, 0.25) is 0 Å². The lowest BCUT2D eigenvalue weighted by atomic mass is 9.98. The van der Waals surface area contributed by atoms with Crippen LogP contribution in [0.3, 0.4) is 0 Å². The lowest BCUT2D eigenvalue weighted by molar-refractivity contribution is -0.119. The van der Waals surface area contributed by atoms with Gasteiger partial charge in [-0.1, -0.05) is 49.9 Å². The Balaban J connectivity index is 2.02. The number of carbonyl (C=O) groups excluding carboxylic acids is 2. The average Bonchev–Trinajstić information content (AvgIpc) is 2.79. The molecule has 1 heterocycles. The molecule has 0 saturated heterocycles. The highest BCUT2D eigenvalue weighted by Gasteiger charge is 2.21. The number of rotatable bonds is 7. The molecule has 3 aromatic rings. The summed E-state index contributed by atoms with van der Waals surface area (Å²) in [7, 11) is 0. The van der Waals surface area contributed by atoms with Crippen molar-refractivity contribution in [3.63, 3.8) is 0 Å². The predicted molar refractivity (Wildman–Crippen MR) is 129 cm³/mol. The number of nitrogens with one attached hydrogen (secondary N) is 2. The minimum Gasteiger partial charge on any atom is -0.338 e. The Morgan fingerprint density at radius 3 is 2.41 bits per heavy atom. The van der Waals surface area contributed by atoms with Gasteiger partial charge in [0, 0.05) is 6.54 Å². The first-order valence-corrected chi connectivity index (χ1v) is 11.6. The number of para-hydroxylation sites is 1. The third-order valence-electron chi connectivity index (χ3n) is 5.30. The Hall–Kier alpha value is -3.13. The highest BCUT2D eigenvalue weighted by atomic mass is 32.2. The number of nitrogens with zero attached hydrogens (tertiary/aromatic N) is 2. The summed E-state index contributed by atoms with van der Waals surface area (Å²) < 4.78 is 1.53. The van der Waals surface area contributed by atoms with Crippen LogP contribution in [0, 0.1) is 0 Å². The van der Waals surface area contributed by atoms with Crippen molar-refractivity contribution in [2.24, 2.45) is 0 Å². The second-order valence-electron chi connectivity index (χ2n) is 7.56. The van der Waals surface area contributed by atoms with E-state index in [1.54, 1.807) is 32.0 Å². The highest BCUT2D eigenvalue weighted by molar-refractivity contribution is 8.00. The number of imide groups is 1. The van der Waals surface area contributed by atoms with Crippen LogP contribution in [0.5, 0.6) is 0 Å². The average molecular weight is 453 g/mol. The van der Waals surface area contributed by atoms with Crippen LogP contribution >= 0.6 is 11.8 Å². The molecule has 2 unspecified atom stereocenters. The molecule has 0 spiro atoms. The van der Waals surface area contributed by atoms with Gasteiger partial charge in [0.15, 0.2) is 5.16 Å². The topological polar surface area (TPSA) is 93.1 Å². The van der Waals surface area contributed by atoms with E-state index in [1.807, 2.05) is 30.3 Å². The van der Waals surface area contributed by atoms with Gasteiger partial charge >= 0.3 is 6.03 Å². The molecule has 3 rings (SSSR count). The van der Waals surface area contributed by atoms with E-state index in [0.29, 0.717) is 34.2 Å². The first-order valence-electron chi connectivity index (χ1n) is 10.7. The summed E-state index contributed by atoms with van der Waals surface area (Å²) >= 11 is 1.14. The highest BCUT2D eigenvalue weighted by Crippen LogP contribution is 2.26. The van der Waals surface area contributed by atoms with Crippen LogP contribution in [0.15, 0.2) is 58.5 Å². The van der Waals surface area contributed by atoms with Crippen LogP contribution in [0.1, 0.15) is 45.6 Å². The summed E-state index contributed by atoms with van der Waals surface area (Å²) in [5, 5.41) is 5.10. The molecule has 2 N–H and O–H groups in total. The van der Waals surface area contributed by atoms with Gasteiger partial charge in [0.05, 0.1) is 21.8 Å². The fourth-order valence-electron chi connectivity index (χ4n) is 3.24. The molecule has 168 valence electrons. The zero-order valence-corrected chi connectivity index (χ0v) is 19.5. The monoisotopic (exact) mass is 452 g/mol. The molecule has 0 bridgehead atoms. The standard InChI is InChI=1S/C24H28N4O3S/c1-5-15(3)17-11-13-18(14-12-17)28-22(30)19-9-7-8-10-20(19)26-24(28)32-16(4)21(29)27-23(31)25-6-2/h7-16H,5-6H2,1-4H3,(H2,25,27,29,31). The second kappa shape index (κ2) is 10.5. The number of urea groups is 1. The molecule has 0 saturated carbocycles. The smallest absolute Gasteiger partial charge is 0.321 e. The van der Waals surface area contributed by atoms with Crippen LogP contribution < -0.4 is 16.2 Å². The summed E-state index contributed by atoms with van der Waals surface area (Å²) in [6.07, 6.45) is 1.02. The normalized spacial score (nSPS) is 12.9. The molecule has 2 aromatic carbocycles. The molecule has 8 heteroatoms. The second-order valence-corrected chi connectivity index (χ2v) is 8.87. The zero-order valence-electron chi connectivity index (χ0n) is 18.7. The van der Waals surface area contributed by atoms with Gasteiger partial charge in [-0.25, -0.2) is 9.78 Å². The van der Waals surface area contributed by atoms with E-state index in [-0.39, 0.29) is 5.56 Å².